The molecule has 0 aliphatic rings. The maximum absolute atomic E-state index is 13.5. The van der Waals surface area contributed by atoms with Gasteiger partial charge in [-0.05, 0) is 57.0 Å². The van der Waals surface area contributed by atoms with E-state index in [2.05, 4.69) is 33.2 Å². The van der Waals surface area contributed by atoms with Gasteiger partial charge in [0.15, 0.2) is 0 Å². The number of aryl methyl sites for hydroxylation is 2. The first-order valence-corrected chi connectivity index (χ1v) is 8.73. The van der Waals surface area contributed by atoms with Crippen LogP contribution >= 0.6 is 27.3 Å². The molecule has 1 aromatic heterocycles. The van der Waals surface area contributed by atoms with Gasteiger partial charge in [0.2, 0.25) is 0 Å². The Balaban J connectivity index is 2.28. The van der Waals surface area contributed by atoms with E-state index < -0.39 is 0 Å². The lowest BCUT2D eigenvalue weighted by Crippen LogP contribution is -2.24. The molecule has 0 aliphatic heterocycles. The molecule has 0 aliphatic carbocycles. The molecule has 1 atom stereocenters. The van der Waals surface area contributed by atoms with Crippen LogP contribution in [0.15, 0.2) is 22.7 Å². The van der Waals surface area contributed by atoms with E-state index in [0.717, 1.165) is 40.1 Å². The maximum atomic E-state index is 13.5. The summed E-state index contributed by atoms with van der Waals surface area (Å²) in [5.74, 6) is -0.195. The van der Waals surface area contributed by atoms with E-state index in [-0.39, 0.29) is 11.9 Å². The van der Waals surface area contributed by atoms with Crippen molar-refractivity contribution in [3.8, 4) is 0 Å². The number of benzene rings is 1. The summed E-state index contributed by atoms with van der Waals surface area (Å²) >= 11 is 5.24. The van der Waals surface area contributed by atoms with Gasteiger partial charge >= 0.3 is 0 Å². The van der Waals surface area contributed by atoms with Gasteiger partial charge in [-0.25, -0.2) is 9.37 Å². The van der Waals surface area contributed by atoms with Gasteiger partial charge < -0.3 is 5.32 Å². The van der Waals surface area contributed by atoms with Crippen molar-refractivity contribution in [2.24, 2.45) is 0 Å². The molecule has 21 heavy (non-hydrogen) atoms. The van der Waals surface area contributed by atoms with Crippen molar-refractivity contribution in [3.05, 3.63) is 49.6 Å². The summed E-state index contributed by atoms with van der Waals surface area (Å²) < 4.78 is 14.4. The van der Waals surface area contributed by atoms with Crippen molar-refractivity contribution in [1.82, 2.24) is 10.3 Å². The minimum atomic E-state index is -0.195. The lowest BCUT2D eigenvalue weighted by atomic mass is 10.0. The quantitative estimate of drug-likeness (QED) is 0.778. The smallest absolute Gasteiger partial charge is 0.123 e. The van der Waals surface area contributed by atoms with Crippen molar-refractivity contribution >= 4 is 27.3 Å². The van der Waals surface area contributed by atoms with E-state index in [9.17, 15) is 4.39 Å². The molecular formula is C16H20BrFN2S. The fraction of sp³-hybridized carbons (Fsp3) is 0.438. The van der Waals surface area contributed by atoms with E-state index in [1.165, 1.54) is 10.9 Å². The molecule has 0 saturated carbocycles. The second kappa shape index (κ2) is 7.47. The van der Waals surface area contributed by atoms with Crippen LogP contribution in [0.1, 0.15) is 40.5 Å². The summed E-state index contributed by atoms with van der Waals surface area (Å²) in [5.41, 5.74) is 2.05. The highest BCUT2D eigenvalue weighted by Gasteiger charge is 2.19. The Labute approximate surface area is 137 Å². The molecule has 0 spiro atoms. The Hall–Kier alpha value is -0.780. The SMILES string of the molecule is CCCNC(Cc1cc(F)ccc1Br)c1sc(C)nc1C. The Kier molecular flexibility index (Phi) is 5.90. The predicted octanol–water partition coefficient (Wildman–Crippen LogP) is 4.94. The summed E-state index contributed by atoms with van der Waals surface area (Å²) in [6.45, 7) is 7.15. The monoisotopic (exact) mass is 370 g/mol. The van der Waals surface area contributed by atoms with Crippen molar-refractivity contribution in [2.45, 2.75) is 39.7 Å². The molecule has 2 nitrogen and oxygen atoms in total. The van der Waals surface area contributed by atoms with E-state index >= 15 is 0 Å². The van der Waals surface area contributed by atoms with Crippen LogP contribution in [0.25, 0.3) is 0 Å². The number of halogens is 2. The first-order chi connectivity index (χ1) is 10.0. The predicted molar refractivity (Wildman–Crippen MR) is 90.4 cm³/mol. The largest absolute Gasteiger partial charge is 0.309 e. The molecule has 0 saturated heterocycles. The van der Waals surface area contributed by atoms with E-state index in [1.807, 2.05) is 13.8 Å². The molecule has 2 rings (SSSR count). The number of nitrogens with zero attached hydrogens (tertiary/aromatic N) is 1. The number of rotatable bonds is 6. The second-order valence-electron chi connectivity index (χ2n) is 5.13. The fourth-order valence-corrected chi connectivity index (χ4v) is 3.78. The zero-order valence-electron chi connectivity index (χ0n) is 12.5. The Bertz CT molecular complexity index is 612. The molecule has 2 aromatic rings. The first-order valence-electron chi connectivity index (χ1n) is 7.12. The van der Waals surface area contributed by atoms with Gasteiger partial charge in [-0.2, -0.15) is 0 Å². The van der Waals surface area contributed by atoms with E-state index in [1.54, 1.807) is 23.5 Å². The molecule has 0 bridgehead atoms. The van der Waals surface area contributed by atoms with Gasteiger partial charge in [0.05, 0.1) is 10.7 Å². The molecule has 0 fully saturated rings. The molecule has 1 N–H and O–H groups in total. The first kappa shape index (κ1) is 16.6. The fourth-order valence-electron chi connectivity index (χ4n) is 2.37. The van der Waals surface area contributed by atoms with Crippen molar-refractivity contribution in [2.75, 3.05) is 6.54 Å². The van der Waals surface area contributed by atoms with Crippen LogP contribution in [0.3, 0.4) is 0 Å². The minimum absolute atomic E-state index is 0.175. The number of nitrogens with one attached hydrogen (secondary N) is 1. The lowest BCUT2D eigenvalue weighted by molar-refractivity contribution is 0.530. The summed E-state index contributed by atoms with van der Waals surface area (Å²) in [4.78, 5) is 5.76. The molecule has 1 heterocycles. The molecule has 0 amide bonds. The normalized spacial score (nSPS) is 12.6. The van der Waals surface area contributed by atoms with E-state index in [0.29, 0.717) is 0 Å². The summed E-state index contributed by atoms with van der Waals surface area (Å²) in [5, 5.41) is 4.64. The van der Waals surface area contributed by atoms with Gasteiger partial charge in [0.25, 0.3) is 0 Å². The third-order valence-electron chi connectivity index (χ3n) is 3.33. The summed E-state index contributed by atoms with van der Waals surface area (Å²) in [6, 6.07) is 5.03. The zero-order chi connectivity index (χ0) is 15.4. The van der Waals surface area contributed by atoms with Crippen LogP contribution < -0.4 is 5.32 Å². The zero-order valence-corrected chi connectivity index (χ0v) is 14.9. The number of hydrogen-bond donors (Lipinski definition) is 1. The average Bonchev–Trinajstić information content (AvgIpc) is 2.77. The molecule has 0 radical (unpaired) electrons. The standard InChI is InChI=1S/C16H20BrFN2S/c1-4-7-19-15(16-10(2)20-11(3)21-16)9-12-8-13(18)5-6-14(12)17/h5-6,8,15,19H,4,7,9H2,1-3H3. The third kappa shape index (κ3) is 4.34. The highest BCUT2D eigenvalue weighted by Crippen LogP contribution is 2.30. The van der Waals surface area contributed by atoms with Gasteiger partial charge in [-0.3, -0.25) is 0 Å². The number of hydrogen-bond acceptors (Lipinski definition) is 3. The highest BCUT2D eigenvalue weighted by molar-refractivity contribution is 9.10. The Morgan fingerprint density at radius 1 is 1.38 bits per heavy atom. The number of aromatic nitrogens is 1. The van der Waals surface area contributed by atoms with Crippen LogP contribution in [-0.2, 0) is 6.42 Å². The van der Waals surface area contributed by atoms with Crippen molar-refractivity contribution < 1.29 is 4.39 Å². The summed E-state index contributed by atoms with van der Waals surface area (Å²) in [7, 11) is 0. The lowest BCUT2D eigenvalue weighted by Gasteiger charge is -2.19. The third-order valence-corrected chi connectivity index (χ3v) is 5.29. The Morgan fingerprint density at radius 2 is 2.14 bits per heavy atom. The van der Waals surface area contributed by atoms with E-state index in [4.69, 9.17) is 0 Å². The van der Waals surface area contributed by atoms with Crippen LogP contribution in [-0.4, -0.2) is 11.5 Å². The highest BCUT2D eigenvalue weighted by atomic mass is 79.9. The van der Waals surface area contributed by atoms with Crippen LogP contribution in [0.5, 0.6) is 0 Å². The molecule has 1 unspecified atom stereocenters. The molecule has 5 heteroatoms. The minimum Gasteiger partial charge on any atom is -0.309 e. The molecule has 114 valence electrons. The topological polar surface area (TPSA) is 24.9 Å². The second-order valence-corrected chi connectivity index (χ2v) is 7.22. The number of thiazole rings is 1. The molecular weight excluding hydrogens is 351 g/mol. The van der Waals surface area contributed by atoms with Crippen molar-refractivity contribution in [3.63, 3.8) is 0 Å². The maximum Gasteiger partial charge on any atom is 0.123 e. The van der Waals surface area contributed by atoms with Crippen molar-refractivity contribution in [1.29, 1.82) is 0 Å². The van der Waals surface area contributed by atoms with Gasteiger partial charge in [-0.1, -0.05) is 22.9 Å². The van der Waals surface area contributed by atoms with Crippen LogP contribution in [0.2, 0.25) is 0 Å². The Morgan fingerprint density at radius 3 is 2.76 bits per heavy atom. The average molecular weight is 371 g/mol. The van der Waals surface area contributed by atoms with Gasteiger partial charge in [-0.15, -0.1) is 11.3 Å². The van der Waals surface area contributed by atoms with Crippen LogP contribution in [0.4, 0.5) is 4.39 Å². The molecule has 1 aromatic carbocycles. The van der Waals surface area contributed by atoms with Crippen LogP contribution in [0, 0.1) is 19.7 Å². The summed E-state index contributed by atoms with van der Waals surface area (Å²) in [6.07, 6.45) is 1.82. The van der Waals surface area contributed by atoms with Gasteiger partial charge in [0, 0.05) is 15.4 Å². The van der Waals surface area contributed by atoms with Gasteiger partial charge in [0.1, 0.15) is 5.82 Å².